The van der Waals surface area contributed by atoms with E-state index in [0.29, 0.717) is 6.42 Å². The van der Waals surface area contributed by atoms with Crippen molar-refractivity contribution in [2.75, 3.05) is 0 Å². The fourth-order valence-corrected chi connectivity index (χ4v) is 2.31. The Morgan fingerprint density at radius 3 is 2.33 bits per heavy atom. The molecule has 0 aliphatic heterocycles. The van der Waals surface area contributed by atoms with Crippen molar-refractivity contribution in [3.8, 4) is 0 Å². The van der Waals surface area contributed by atoms with Crippen molar-refractivity contribution >= 4 is 16.7 Å². The van der Waals surface area contributed by atoms with Crippen molar-refractivity contribution in [1.29, 1.82) is 0 Å². The summed E-state index contributed by atoms with van der Waals surface area (Å²) in [7, 11) is 0. The third-order valence-corrected chi connectivity index (χ3v) is 3.30. The van der Waals surface area contributed by atoms with Crippen LogP contribution in [0.4, 0.5) is 0 Å². The van der Waals surface area contributed by atoms with Gasteiger partial charge in [0.05, 0.1) is 0 Å². The molecule has 0 saturated carbocycles. The van der Waals surface area contributed by atoms with E-state index in [0.717, 1.165) is 16.3 Å². The standard InChI is InChI=1S/C18H23NO2/c1-17(2,3)21-16(20)18(4,19)12-14-10-7-9-13-8-5-6-11-15(13)14/h5-11H,12,19H2,1-4H3/t18-/m0/s1. The van der Waals surface area contributed by atoms with Crippen molar-refractivity contribution in [3.63, 3.8) is 0 Å². The molecule has 0 spiro atoms. The maximum Gasteiger partial charge on any atom is 0.326 e. The van der Waals surface area contributed by atoms with Crippen LogP contribution < -0.4 is 5.73 Å². The largest absolute Gasteiger partial charge is 0.459 e. The fourth-order valence-electron chi connectivity index (χ4n) is 2.31. The van der Waals surface area contributed by atoms with Gasteiger partial charge in [0.2, 0.25) is 0 Å². The minimum absolute atomic E-state index is 0.372. The SMILES string of the molecule is CC(C)(C)OC(=O)[C@@](C)(N)Cc1cccc2ccccc12. The van der Waals surface area contributed by atoms with Crippen LogP contribution in [0.15, 0.2) is 42.5 Å². The van der Waals surface area contributed by atoms with Gasteiger partial charge in [0.15, 0.2) is 0 Å². The van der Waals surface area contributed by atoms with Crippen molar-refractivity contribution in [2.45, 2.75) is 45.3 Å². The summed E-state index contributed by atoms with van der Waals surface area (Å²) in [4.78, 5) is 12.3. The molecule has 0 bridgehead atoms. The molecule has 1 atom stereocenters. The van der Waals surface area contributed by atoms with Crippen LogP contribution in [0.25, 0.3) is 10.8 Å². The van der Waals surface area contributed by atoms with Gasteiger partial charge in [-0.3, -0.25) is 4.79 Å². The van der Waals surface area contributed by atoms with Gasteiger partial charge in [-0.25, -0.2) is 0 Å². The monoisotopic (exact) mass is 285 g/mol. The Morgan fingerprint density at radius 2 is 1.67 bits per heavy atom. The normalized spacial score (nSPS) is 14.7. The first-order valence-electron chi connectivity index (χ1n) is 7.18. The van der Waals surface area contributed by atoms with E-state index in [4.69, 9.17) is 10.5 Å². The average molecular weight is 285 g/mol. The minimum atomic E-state index is -1.04. The third kappa shape index (κ3) is 3.82. The van der Waals surface area contributed by atoms with E-state index in [1.807, 2.05) is 45.0 Å². The lowest BCUT2D eigenvalue weighted by Crippen LogP contribution is -2.50. The minimum Gasteiger partial charge on any atom is -0.459 e. The molecule has 0 fully saturated rings. The smallest absolute Gasteiger partial charge is 0.326 e. The molecule has 2 N–H and O–H groups in total. The number of hydrogen-bond donors (Lipinski definition) is 1. The number of carbonyl (C=O) groups excluding carboxylic acids is 1. The summed E-state index contributed by atoms with van der Waals surface area (Å²) in [6.45, 7) is 7.26. The highest BCUT2D eigenvalue weighted by molar-refractivity contribution is 5.87. The van der Waals surface area contributed by atoms with Crippen LogP contribution in [-0.4, -0.2) is 17.1 Å². The van der Waals surface area contributed by atoms with Gasteiger partial charge in [-0.2, -0.15) is 0 Å². The van der Waals surface area contributed by atoms with Crippen LogP contribution in [0.3, 0.4) is 0 Å². The van der Waals surface area contributed by atoms with Gasteiger partial charge in [-0.05, 0) is 44.0 Å². The average Bonchev–Trinajstić information content (AvgIpc) is 2.37. The highest BCUT2D eigenvalue weighted by Crippen LogP contribution is 2.23. The molecular formula is C18H23NO2. The lowest BCUT2D eigenvalue weighted by atomic mass is 9.90. The summed E-state index contributed by atoms with van der Waals surface area (Å²) in [6, 6.07) is 14.2. The van der Waals surface area contributed by atoms with Gasteiger partial charge in [-0.15, -0.1) is 0 Å². The predicted molar refractivity (Wildman–Crippen MR) is 86.1 cm³/mol. The van der Waals surface area contributed by atoms with E-state index in [2.05, 4.69) is 18.2 Å². The van der Waals surface area contributed by atoms with Crippen molar-refractivity contribution in [2.24, 2.45) is 5.73 Å². The van der Waals surface area contributed by atoms with Crippen LogP contribution in [0.1, 0.15) is 33.3 Å². The molecule has 0 saturated heterocycles. The third-order valence-electron chi connectivity index (χ3n) is 3.30. The molecule has 0 unspecified atom stereocenters. The summed E-state index contributed by atoms with van der Waals surface area (Å²) >= 11 is 0. The number of fused-ring (bicyclic) bond motifs is 1. The van der Waals surface area contributed by atoms with E-state index in [1.165, 1.54) is 0 Å². The Bertz CT molecular complexity index is 648. The second kappa shape index (κ2) is 5.49. The van der Waals surface area contributed by atoms with Crippen LogP contribution in [0.2, 0.25) is 0 Å². The molecule has 0 aliphatic rings. The number of esters is 1. The van der Waals surface area contributed by atoms with E-state index in [1.54, 1.807) is 6.92 Å². The second-order valence-electron chi connectivity index (χ2n) is 6.73. The van der Waals surface area contributed by atoms with Gasteiger partial charge in [0.1, 0.15) is 11.1 Å². The Kier molecular flexibility index (Phi) is 4.06. The molecule has 0 amide bonds. The fraction of sp³-hybridized carbons (Fsp3) is 0.389. The van der Waals surface area contributed by atoms with E-state index in [9.17, 15) is 4.79 Å². The number of carbonyl (C=O) groups is 1. The highest BCUT2D eigenvalue weighted by Gasteiger charge is 2.33. The Balaban J connectivity index is 2.28. The molecule has 2 aromatic rings. The lowest BCUT2D eigenvalue weighted by Gasteiger charge is -2.28. The Morgan fingerprint density at radius 1 is 1.05 bits per heavy atom. The topological polar surface area (TPSA) is 52.3 Å². The quantitative estimate of drug-likeness (QED) is 0.879. The van der Waals surface area contributed by atoms with Crippen LogP contribution in [-0.2, 0) is 16.0 Å². The van der Waals surface area contributed by atoms with Gasteiger partial charge < -0.3 is 10.5 Å². The molecule has 0 aromatic heterocycles. The van der Waals surface area contributed by atoms with Crippen LogP contribution in [0.5, 0.6) is 0 Å². The van der Waals surface area contributed by atoms with Gasteiger partial charge in [-0.1, -0.05) is 42.5 Å². The first-order valence-corrected chi connectivity index (χ1v) is 7.18. The summed E-state index contributed by atoms with van der Waals surface area (Å²) < 4.78 is 5.42. The molecule has 0 radical (unpaired) electrons. The molecular weight excluding hydrogens is 262 g/mol. The van der Waals surface area contributed by atoms with Crippen molar-refractivity contribution in [3.05, 3.63) is 48.0 Å². The van der Waals surface area contributed by atoms with Crippen LogP contribution in [0, 0.1) is 0 Å². The molecule has 2 rings (SSSR count). The number of rotatable bonds is 3. The molecule has 0 heterocycles. The number of nitrogens with two attached hydrogens (primary N) is 1. The van der Waals surface area contributed by atoms with Crippen molar-refractivity contribution < 1.29 is 9.53 Å². The summed E-state index contributed by atoms with van der Waals surface area (Å²) in [5.41, 5.74) is 5.70. The number of ether oxygens (including phenoxy) is 1. The van der Waals surface area contributed by atoms with E-state index < -0.39 is 11.1 Å². The molecule has 21 heavy (non-hydrogen) atoms. The summed E-state index contributed by atoms with van der Waals surface area (Å²) in [5, 5.41) is 2.27. The molecule has 3 heteroatoms. The Labute approximate surface area is 126 Å². The summed E-state index contributed by atoms with van der Waals surface area (Å²) in [5.74, 6) is -0.372. The van der Waals surface area contributed by atoms with Crippen molar-refractivity contribution in [1.82, 2.24) is 0 Å². The molecule has 2 aromatic carbocycles. The highest BCUT2D eigenvalue weighted by atomic mass is 16.6. The number of hydrogen-bond acceptors (Lipinski definition) is 3. The first kappa shape index (κ1) is 15.5. The zero-order chi connectivity index (χ0) is 15.7. The van der Waals surface area contributed by atoms with Gasteiger partial charge in [0.25, 0.3) is 0 Å². The van der Waals surface area contributed by atoms with E-state index >= 15 is 0 Å². The molecule has 3 nitrogen and oxygen atoms in total. The molecule has 112 valence electrons. The van der Waals surface area contributed by atoms with Crippen LogP contribution >= 0.6 is 0 Å². The zero-order valence-corrected chi connectivity index (χ0v) is 13.1. The second-order valence-corrected chi connectivity index (χ2v) is 6.73. The zero-order valence-electron chi connectivity index (χ0n) is 13.1. The first-order chi connectivity index (χ1) is 9.69. The van der Waals surface area contributed by atoms with Gasteiger partial charge >= 0.3 is 5.97 Å². The molecule has 0 aliphatic carbocycles. The Hall–Kier alpha value is -1.87. The maximum absolute atomic E-state index is 12.3. The summed E-state index contributed by atoms with van der Waals surface area (Å²) in [6.07, 6.45) is 0.448. The van der Waals surface area contributed by atoms with E-state index in [-0.39, 0.29) is 5.97 Å². The van der Waals surface area contributed by atoms with Gasteiger partial charge in [0, 0.05) is 6.42 Å². The predicted octanol–water partition coefficient (Wildman–Crippen LogP) is 3.44. The lowest BCUT2D eigenvalue weighted by molar-refractivity contribution is -0.160. The number of benzene rings is 2. The maximum atomic E-state index is 12.3.